The summed E-state index contributed by atoms with van der Waals surface area (Å²) in [7, 11) is 1.74. The Balaban J connectivity index is 4.63. The molecule has 0 saturated heterocycles. The van der Waals surface area contributed by atoms with Gasteiger partial charge in [-0.15, -0.1) is 0 Å². The fraction of sp³-hybridized carbons (Fsp3) is 1.00. The van der Waals surface area contributed by atoms with Crippen molar-refractivity contribution in [3.63, 3.8) is 0 Å². The summed E-state index contributed by atoms with van der Waals surface area (Å²) in [5.74, 6) is 0. The van der Waals surface area contributed by atoms with Crippen LogP contribution < -0.4 is 0 Å². The topological polar surface area (TPSA) is 76.5 Å². The van der Waals surface area contributed by atoms with Crippen molar-refractivity contribution in [1.82, 2.24) is 0 Å². The Kier molecular flexibility index (Phi) is 8.23. The number of azide groups is 1. The summed E-state index contributed by atoms with van der Waals surface area (Å²) in [6.45, 7) is 2.12. The molecule has 1 atom stereocenters. The van der Waals surface area contributed by atoms with E-state index in [2.05, 4.69) is 16.9 Å². The molecule has 16 heavy (non-hydrogen) atoms. The SMILES string of the molecule is CCCCCC(N=[N+]=[N-])[Si](OC)(OC)OC. The van der Waals surface area contributed by atoms with Gasteiger partial charge >= 0.3 is 8.80 Å². The van der Waals surface area contributed by atoms with Crippen LogP contribution in [0.15, 0.2) is 5.11 Å². The van der Waals surface area contributed by atoms with E-state index >= 15 is 0 Å². The lowest BCUT2D eigenvalue weighted by Crippen LogP contribution is -2.53. The van der Waals surface area contributed by atoms with Crippen LogP contribution in [0.25, 0.3) is 10.4 Å². The second-order valence-electron chi connectivity index (χ2n) is 3.43. The maximum atomic E-state index is 8.56. The minimum Gasteiger partial charge on any atom is -0.377 e. The molecule has 94 valence electrons. The van der Waals surface area contributed by atoms with Gasteiger partial charge < -0.3 is 13.3 Å². The number of hydrogen-bond donors (Lipinski definition) is 0. The molecule has 1 unspecified atom stereocenters. The third-order valence-corrected chi connectivity index (χ3v) is 5.46. The predicted octanol–water partition coefficient (Wildman–Crippen LogP) is 2.66. The van der Waals surface area contributed by atoms with Gasteiger partial charge in [0.05, 0.1) is 0 Å². The van der Waals surface area contributed by atoms with Gasteiger partial charge in [-0.3, -0.25) is 0 Å². The van der Waals surface area contributed by atoms with Crippen LogP contribution in [0.2, 0.25) is 0 Å². The molecule has 0 aliphatic heterocycles. The number of nitrogens with zero attached hydrogens (tertiary/aromatic N) is 3. The molecule has 0 rings (SSSR count). The zero-order chi connectivity index (χ0) is 12.4. The van der Waals surface area contributed by atoms with Gasteiger partial charge in [-0.25, -0.2) is 0 Å². The molecule has 7 heteroatoms. The van der Waals surface area contributed by atoms with E-state index in [0.29, 0.717) is 0 Å². The summed E-state index contributed by atoms with van der Waals surface area (Å²) in [5.41, 5.74) is 8.21. The number of unbranched alkanes of at least 4 members (excludes halogenated alkanes) is 2. The van der Waals surface area contributed by atoms with Crippen molar-refractivity contribution in [1.29, 1.82) is 0 Å². The normalized spacial score (nSPS) is 13.2. The van der Waals surface area contributed by atoms with E-state index in [4.69, 9.17) is 18.8 Å². The van der Waals surface area contributed by atoms with Gasteiger partial charge in [-0.1, -0.05) is 31.3 Å². The van der Waals surface area contributed by atoms with Crippen LogP contribution in [0.1, 0.15) is 32.6 Å². The van der Waals surface area contributed by atoms with Crippen LogP contribution >= 0.6 is 0 Å². The standard InChI is InChI=1S/C9H21N3O3Si/c1-5-6-7-8-9(11-12-10)16(13-2,14-3)15-4/h9H,5-8H2,1-4H3. The summed E-state index contributed by atoms with van der Waals surface area (Å²) in [5, 5.41) is 3.75. The van der Waals surface area contributed by atoms with Crippen molar-refractivity contribution in [3.05, 3.63) is 10.4 Å². The van der Waals surface area contributed by atoms with Gasteiger partial charge in [0.25, 0.3) is 0 Å². The molecule has 0 aliphatic rings. The molecular formula is C9H21N3O3Si. The second kappa shape index (κ2) is 8.55. The largest absolute Gasteiger partial charge is 0.509 e. The van der Waals surface area contributed by atoms with Gasteiger partial charge in [0, 0.05) is 26.2 Å². The van der Waals surface area contributed by atoms with Gasteiger partial charge in [0.15, 0.2) is 0 Å². The molecule has 0 amide bonds. The molecule has 0 fully saturated rings. The quantitative estimate of drug-likeness (QED) is 0.207. The highest BCUT2D eigenvalue weighted by molar-refractivity contribution is 6.62. The second-order valence-corrected chi connectivity index (χ2v) is 6.53. The van der Waals surface area contributed by atoms with Crippen LogP contribution in [-0.2, 0) is 13.3 Å². The van der Waals surface area contributed by atoms with Crippen molar-refractivity contribution in [2.75, 3.05) is 21.3 Å². The Hall–Kier alpha value is -0.593. The maximum absolute atomic E-state index is 8.56. The van der Waals surface area contributed by atoms with E-state index in [1.165, 1.54) is 21.3 Å². The zero-order valence-electron chi connectivity index (χ0n) is 10.5. The van der Waals surface area contributed by atoms with Crippen LogP contribution in [0.4, 0.5) is 0 Å². The van der Waals surface area contributed by atoms with Crippen LogP contribution in [-0.4, -0.2) is 35.8 Å². The van der Waals surface area contributed by atoms with E-state index in [9.17, 15) is 0 Å². The first-order valence-electron chi connectivity index (χ1n) is 5.40. The molecule has 0 bridgehead atoms. The van der Waals surface area contributed by atoms with Crippen molar-refractivity contribution in [3.8, 4) is 0 Å². The molecule has 0 aromatic rings. The molecule has 0 aromatic heterocycles. The first-order valence-corrected chi connectivity index (χ1v) is 7.20. The van der Waals surface area contributed by atoms with Crippen molar-refractivity contribution >= 4 is 8.80 Å². The lowest BCUT2D eigenvalue weighted by Gasteiger charge is -2.29. The molecule has 0 radical (unpaired) electrons. The molecule has 0 saturated carbocycles. The Labute approximate surface area is 97.9 Å². The van der Waals surface area contributed by atoms with E-state index in [1.807, 2.05) is 0 Å². The average Bonchev–Trinajstić information content (AvgIpc) is 2.32. The highest BCUT2D eigenvalue weighted by Gasteiger charge is 2.46. The Morgan fingerprint density at radius 2 is 1.75 bits per heavy atom. The Bertz CT molecular complexity index is 222. The fourth-order valence-corrected chi connectivity index (χ4v) is 3.68. The summed E-state index contributed by atoms with van der Waals surface area (Å²) < 4.78 is 15.9. The molecule has 0 spiro atoms. The molecular weight excluding hydrogens is 226 g/mol. The van der Waals surface area contributed by atoms with Gasteiger partial charge in [-0.2, -0.15) is 0 Å². The summed E-state index contributed by atoms with van der Waals surface area (Å²) >= 11 is 0. The number of rotatable bonds is 9. The minimum absolute atomic E-state index is 0.343. The van der Waals surface area contributed by atoms with Gasteiger partial charge in [-0.05, 0) is 12.0 Å². The highest BCUT2D eigenvalue weighted by Crippen LogP contribution is 2.20. The van der Waals surface area contributed by atoms with Crippen LogP contribution in [0.5, 0.6) is 0 Å². The maximum Gasteiger partial charge on any atom is 0.509 e. The summed E-state index contributed by atoms with van der Waals surface area (Å²) in [6.07, 6.45) is 3.92. The molecule has 0 N–H and O–H groups in total. The monoisotopic (exact) mass is 247 g/mol. The van der Waals surface area contributed by atoms with E-state index in [1.54, 1.807) is 0 Å². The lowest BCUT2D eigenvalue weighted by atomic mass is 10.2. The fourth-order valence-electron chi connectivity index (χ4n) is 1.61. The lowest BCUT2D eigenvalue weighted by molar-refractivity contribution is 0.111. The first-order chi connectivity index (χ1) is 7.70. The Morgan fingerprint density at radius 3 is 2.12 bits per heavy atom. The van der Waals surface area contributed by atoms with E-state index in [-0.39, 0.29) is 5.67 Å². The third kappa shape index (κ3) is 4.11. The van der Waals surface area contributed by atoms with Gasteiger partial charge in [0.1, 0.15) is 5.67 Å². The van der Waals surface area contributed by atoms with Gasteiger partial charge in [0.2, 0.25) is 0 Å². The van der Waals surface area contributed by atoms with Crippen LogP contribution in [0, 0.1) is 0 Å². The molecule has 6 nitrogen and oxygen atoms in total. The van der Waals surface area contributed by atoms with E-state index in [0.717, 1.165) is 25.7 Å². The first kappa shape index (κ1) is 15.4. The predicted molar refractivity (Wildman–Crippen MR) is 63.9 cm³/mol. The third-order valence-electron chi connectivity index (χ3n) is 2.53. The average molecular weight is 247 g/mol. The van der Waals surface area contributed by atoms with Crippen molar-refractivity contribution < 1.29 is 13.3 Å². The van der Waals surface area contributed by atoms with Crippen LogP contribution in [0.3, 0.4) is 0 Å². The number of hydrogen-bond acceptors (Lipinski definition) is 4. The minimum atomic E-state index is -2.84. The Morgan fingerprint density at radius 1 is 1.19 bits per heavy atom. The summed E-state index contributed by atoms with van der Waals surface area (Å²) in [4.78, 5) is 2.84. The van der Waals surface area contributed by atoms with Crippen molar-refractivity contribution in [2.24, 2.45) is 5.11 Å². The van der Waals surface area contributed by atoms with Crippen molar-refractivity contribution in [2.45, 2.75) is 38.3 Å². The zero-order valence-corrected chi connectivity index (χ0v) is 11.5. The smallest absolute Gasteiger partial charge is 0.377 e. The molecule has 0 heterocycles. The van der Waals surface area contributed by atoms with E-state index < -0.39 is 8.80 Å². The highest BCUT2D eigenvalue weighted by atomic mass is 28.4. The summed E-state index contributed by atoms with van der Waals surface area (Å²) in [6, 6.07) is 0. The molecule has 0 aliphatic carbocycles. The molecule has 0 aromatic carbocycles.